The molecule has 0 aliphatic carbocycles. The van der Waals surface area contributed by atoms with Crippen LogP contribution in [-0.2, 0) is 12.8 Å². The van der Waals surface area contributed by atoms with Gasteiger partial charge in [-0.05, 0) is 20.8 Å². The summed E-state index contributed by atoms with van der Waals surface area (Å²) in [6.45, 7) is 7.64. The van der Waals surface area contributed by atoms with Gasteiger partial charge in [0.05, 0.1) is 10.0 Å². The molecular formula is C17H24N8S2. The van der Waals surface area contributed by atoms with E-state index < -0.39 is 0 Å². The smallest absolute Gasteiger partial charge is 0.229 e. The third-order valence-corrected chi connectivity index (χ3v) is 5.01. The van der Waals surface area contributed by atoms with Gasteiger partial charge in [-0.2, -0.15) is 15.0 Å². The number of nitrogens with one attached hydrogen (secondary N) is 3. The van der Waals surface area contributed by atoms with Crippen LogP contribution < -0.4 is 16.0 Å². The Morgan fingerprint density at radius 1 is 0.778 bits per heavy atom. The summed E-state index contributed by atoms with van der Waals surface area (Å²) in [4.78, 5) is 22.0. The molecule has 0 fully saturated rings. The van der Waals surface area contributed by atoms with Crippen LogP contribution in [0.2, 0.25) is 0 Å². The fourth-order valence-corrected chi connectivity index (χ4v) is 3.48. The van der Waals surface area contributed by atoms with E-state index in [2.05, 4.69) is 61.6 Å². The number of rotatable bonds is 9. The molecule has 0 saturated carbocycles. The lowest BCUT2D eigenvalue weighted by atomic mass is 10.1. The van der Waals surface area contributed by atoms with E-state index >= 15 is 0 Å². The number of anilines is 3. The number of hydrogen-bond acceptors (Lipinski definition) is 10. The average molecular weight is 405 g/mol. The van der Waals surface area contributed by atoms with Crippen LogP contribution in [-0.4, -0.2) is 43.5 Å². The van der Waals surface area contributed by atoms with E-state index in [0.717, 1.165) is 22.9 Å². The van der Waals surface area contributed by atoms with Crippen molar-refractivity contribution in [1.29, 1.82) is 0 Å². The molecule has 0 aromatic carbocycles. The van der Waals surface area contributed by atoms with Gasteiger partial charge in [0.1, 0.15) is 0 Å². The van der Waals surface area contributed by atoms with E-state index in [0.29, 0.717) is 30.9 Å². The lowest BCUT2D eigenvalue weighted by Gasteiger charge is -2.21. The number of aromatic nitrogens is 5. The van der Waals surface area contributed by atoms with Crippen molar-refractivity contribution < 1.29 is 0 Å². The second kappa shape index (κ2) is 9.05. The van der Waals surface area contributed by atoms with Gasteiger partial charge < -0.3 is 16.0 Å². The Kier molecular flexibility index (Phi) is 6.51. The van der Waals surface area contributed by atoms with Crippen molar-refractivity contribution in [3.8, 4) is 0 Å². The standard InChI is InChI=1S/C17H24N8S2/c1-17(2,3)25-16-23-14(20-6-4-12-18-8-10-26-12)22-15(24-16)21-7-5-13-19-9-11-27-13/h8-11H,4-7H2,1-3H3,(H3,20,21,22,23,24,25). The first-order valence-corrected chi connectivity index (χ1v) is 10.5. The zero-order chi connectivity index (χ0) is 19.1. The maximum Gasteiger partial charge on any atom is 0.229 e. The quantitative estimate of drug-likeness (QED) is 0.499. The van der Waals surface area contributed by atoms with E-state index in [1.165, 1.54) is 0 Å². The third-order valence-electron chi connectivity index (χ3n) is 3.33. The van der Waals surface area contributed by atoms with E-state index in [1.807, 2.05) is 23.2 Å². The Hall–Kier alpha value is -2.33. The Balaban J connectivity index is 1.63. The van der Waals surface area contributed by atoms with Crippen LogP contribution in [0.1, 0.15) is 30.8 Å². The zero-order valence-corrected chi connectivity index (χ0v) is 17.3. The molecule has 8 nitrogen and oxygen atoms in total. The van der Waals surface area contributed by atoms with Crippen molar-refractivity contribution in [2.75, 3.05) is 29.0 Å². The predicted octanol–water partition coefficient (Wildman–Crippen LogP) is 3.30. The highest BCUT2D eigenvalue weighted by Crippen LogP contribution is 2.15. The van der Waals surface area contributed by atoms with E-state index in [9.17, 15) is 0 Å². The first kappa shape index (κ1) is 19.4. The topological polar surface area (TPSA) is 101 Å². The maximum atomic E-state index is 4.48. The highest BCUT2D eigenvalue weighted by Gasteiger charge is 2.14. The summed E-state index contributed by atoms with van der Waals surface area (Å²) in [7, 11) is 0. The van der Waals surface area contributed by atoms with Crippen molar-refractivity contribution in [1.82, 2.24) is 24.9 Å². The highest BCUT2D eigenvalue weighted by atomic mass is 32.1. The average Bonchev–Trinajstić information content (AvgIpc) is 3.27. The molecule has 0 spiro atoms. The van der Waals surface area contributed by atoms with Crippen molar-refractivity contribution in [2.24, 2.45) is 0 Å². The summed E-state index contributed by atoms with van der Waals surface area (Å²) in [6, 6.07) is 0. The number of nitrogens with zero attached hydrogens (tertiary/aromatic N) is 5. The summed E-state index contributed by atoms with van der Waals surface area (Å²) >= 11 is 3.30. The molecule has 3 aromatic rings. The summed E-state index contributed by atoms with van der Waals surface area (Å²) in [6.07, 6.45) is 5.30. The van der Waals surface area contributed by atoms with Crippen molar-refractivity contribution in [3.05, 3.63) is 33.2 Å². The van der Waals surface area contributed by atoms with Gasteiger partial charge in [-0.15, -0.1) is 22.7 Å². The minimum Gasteiger partial charge on any atom is -0.354 e. The monoisotopic (exact) mass is 404 g/mol. The van der Waals surface area contributed by atoms with Gasteiger partial charge in [-0.1, -0.05) is 0 Å². The van der Waals surface area contributed by atoms with Crippen LogP contribution in [0.3, 0.4) is 0 Å². The molecule has 0 aliphatic heterocycles. The van der Waals surface area contributed by atoms with Crippen LogP contribution in [0.4, 0.5) is 17.8 Å². The Bertz CT molecular complexity index is 754. The summed E-state index contributed by atoms with van der Waals surface area (Å²) < 4.78 is 0. The normalized spacial score (nSPS) is 11.4. The molecule has 0 bridgehead atoms. The molecule has 0 aliphatic rings. The fourth-order valence-electron chi connectivity index (χ4n) is 2.24. The largest absolute Gasteiger partial charge is 0.354 e. The lowest BCUT2D eigenvalue weighted by molar-refractivity contribution is 0.625. The molecule has 3 rings (SSSR count). The molecule has 0 atom stereocenters. The molecule has 144 valence electrons. The second-order valence-electron chi connectivity index (χ2n) is 6.89. The molecule has 0 amide bonds. The van der Waals surface area contributed by atoms with E-state index in [-0.39, 0.29) is 5.54 Å². The van der Waals surface area contributed by atoms with Gasteiger partial charge in [0.25, 0.3) is 0 Å². The molecule has 3 heterocycles. The summed E-state index contributed by atoms with van der Waals surface area (Å²) in [5.74, 6) is 1.64. The van der Waals surface area contributed by atoms with Gasteiger partial charge in [0, 0.05) is 54.6 Å². The fraction of sp³-hybridized carbons (Fsp3) is 0.471. The van der Waals surface area contributed by atoms with Crippen LogP contribution in [0.15, 0.2) is 23.2 Å². The van der Waals surface area contributed by atoms with Gasteiger partial charge in [-0.3, -0.25) is 0 Å². The molecule has 27 heavy (non-hydrogen) atoms. The number of hydrogen-bond donors (Lipinski definition) is 3. The Labute approximate surface area is 166 Å². The Morgan fingerprint density at radius 2 is 1.26 bits per heavy atom. The summed E-state index contributed by atoms with van der Waals surface area (Å²) in [5.41, 5.74) is -0.141. The highest BCUT2D eigenvalue weighted by molar-refractivity contribution is 7.09. The maximum absolute atomic E-state index is 4.48. The summed E-state index contributed by atoms with van der Waals surface area (Å²) in [5, 5.41) is 16.0. The van der Waals surface area contributed by atoms with Gasteiger partial charge in [0.2, 0.25) is 17.8 Å². The zero-order valence-electron chi connectivity index (χ0n) is 15.7. The van der Waals surface area contributed by atoms with E-state index in [1.54, 1.807) is 22.7 Å². The first-order valence-electron chi connectivity index (χ1n) is 8.77. The van der Waals surface area contributed by atoms with Crippen molar-refractivity contribution >= 4 is 40.5 Å². The lowest BCUT2D eigenvalue weighted by Crippen LogP contribution is -2.28. The molecule has 0 unspecified atom stereocenters. The Morgan fingerprint density at radius 3 is 1.67 bits per heavy atom. The van der Waals surface area contributed by atoms with Crippen molar-refractivity contribution in [2.45, 2.75) is 39.2 Å². The molecule has 3 aromatic heterocycles. The third kappa shape index (κ3) is 6.72. The minimum atomic E-state index is -0.141. The van der Waals surface area contributed by atoms with Crippen molar-refractivity contribution in [3.63, 3.8) is 0 Å². The van der Waals surface area contributed by atoms with Crippen LogP contribution in [0.5, 0.6) is 0 Å². The molecule has 0 saturated heterocycles. The molecular weight excluding hydrogens is 380 g/mol. The predicted molar refractivity (Wildman–Crippen MR) is 112 cm³/mol. The second-order valence-corrected chi connectivity index (χ2v) is 8.84. The first-order chi connectivity index (χ1) is 13.0. The van der Waals surface area contributed by atoms with Crippen LogP contribution in [0, 0.1) is 0 Å². The van der Waals surface area contributed by atoms with Gasteiger partial charge in [0.15, 0.2) is 0 Å². The van der Waals surface area contributed by atoms with Gasteiger partial charge in [-0.25, -0.2) is 9.97 Å². The van der Waals surface area contributed by atoms with Crippen LogP contribution >= 0.6 is 22.7 Å². The SMILES string of the molecule is CC(C)(C)Nc1nc(NCCc2nccs2)nc(NCCc2nccs2)n1. The number of thiazole rings is 2. The minimum absolute atomic E-state index is 0.141. The molecule has 0 radical (unpaired) electrons. The molecule has 10 heteroatoms. The van der Waals surface area contributed by atoms with Gasteiger partial charge >= 0.3 is 0 Å². The molecule has 3 N–H and O–H groups in total. The van der Waals surface area contributed by atoms with Crippen LogP contribution in [0.25, 0.3) is 0 Å². The van der Waals surface area contributed by atoms with E-state index in [4.69, 9.17) is 0 Å².